The minimum atomic E-state index is -0.0308. The Hall–Kier alpha value is -2.88. The number of aromatic nitrogens is 1. The molecule has 31 heavy (non-hydrogen) atoms. The summed E-state index contributed by atoms with van der Waals surface area (Å²) in [6, 6.07) is 17.6. The molecule has 0 aliphatic heterocycles. The number of hydrogen-bond acceptors (Lipinski definition) is 3. The van der Waals surface area contributed by atoms with Crippen LogP contribution in [-0.4, -0.2) is 24.0 Å². The largest absolute Gasteiger partial charge is 0.494 e. The number of para-hydroxylation sites is 1. The Morgan fingerprint density at radius 1 is 0.903 bits per heavy atom. The van der Waals surface area contributed by atoms with E-state index in [1.54, 1.807) is 0 Å². The number of benzene rings is 2. The number of ether oxygens (including phenoxy) is 1. The van der Waals surface area contributed by atoms with Gasteiger partial charge in [-0.15, -0.1) is 0 Å². The van der Waals surface area contributed by atoms with Gasteiger partial charge in [0.15, 0.2) is 0 Å². The summed E-state index contributed by atoms with van der Waals surface area (Å²) in [4.78, 5) is 17.8. The van der Waals surface area contributed by atoms with Gasteiger partial charge in [-0.05, 0) is 49.7 Å². The molecule has 1 aromatic heterocycles. The molecule has 0 aliphatic carbocycles. The second-order valence-corrected chi connectivity index (χ2v) is 7.91. The maximum Gasteiger partial charge on any atom is 0.252 e. The first-order valence-corrected chi connectivity index (χ1v) is 11.6. The highest BCUT2D eigenvalue weighted by atomic mass is 16.5. The van der Waals surface area contributed by atoms with Gasteiger partial charge < -0.3 is 10.1 Å². The van der Waals surface area contributed by atoms with Crippen LogP contribution in [0.3, 0.4) is 0 Å². The molecular formula is C27H34N2O2. The molecular weight excluding hydrogens is 384 g/mol. The molecule has 1 N–H and O–H groups in total. The number of rotatable bonds is 12. The van der Waals surface area contributed by atoms with Crippen LogP contribution in [0.2, 0.25) is 0 Å². The first-order valence-electron chi connectivity index (χ1n) is 11.6. The average molecular weight is 419 g/mol. The summed E-state index contributed by atoms with van der Waals surface area (Å²) in [7, 11) is 0. The van der Waals surface area contributed by atoms with E-state index in [1.165, 1.54) is 38.5 Å². The van der Waals surface area contributed by atoms with Crippen LogP contribution in [0.1, 0.15) is 69.2 Å². The fourth-order valence-corrected chi connectivity index (χ4v) is 3.78. The summed E-state index contributed by atoms with van der Waals surface area (Å²) in [5, 5.41) is 3.99. The molecule has 1 amide bonds. The van der Waals surface area contributed by atoms with Crippen molar-refractivity contribution < 1.29 is 9.53 Å². The van der Waals surface area contributed by atoms with Gasteiger partial charge in [0.2, 0.25) is 0 Å². The van der Waals surface area contributed by atoms with Gasteiger partial charge in [0.05, 0.1) is 23.4 Å². The van der Waals surface area contributed by atoms with E-state index >= 15 is 0 Å². The highest BCUT2D eigenvalue weighted by Crippen LogP contribution is 2.26. The van der Waals surface area contributed by atoms with E-state index < -0.39 is 0 Å². The zero-order valence-corrected chi connectivity index (χ0v) is 18.8. The lowest BCUT2D eigenvalue weighted by Crippen LogP contribution is -2.24. The van der Waals surface area contributed by atoms with Crippen LogP contribution in [0.4, 0.5) is 0 Å². The first-order chi connectivity index (χ1) is 15.2. The molecule has 0 saturated heterocycles. The number of carbonyl (C=O) groups excluding carboxylic acids is 1. The maximum absolute atomic E-state index is 13.0. The Kier molecular flexibility index (Phi) is 8.89. The molecule has 0 spiro atoms. The molecule has 0 unspecified atom stereocenters. The lowest BCUT2D eigenvalue weighted by molar-refractivity contribution is 0.0954. The quantitative estimate of drug-likeness (QED) is 0.330. The van der Waals surface area contributed by atoms with Gasteiger partial charge in [0.25, 0.3) is 5.91 Å². The van der Waals surface area contributed by atoms with Crippen molar-refractivity contribution in [1.29, 1.82) is 0 Å². The third kappa shape index (κ3) is 6.55. The lowest BCUT2D eigenvalue weighted by Gasteiger charge is -2.11. The molecule has 0 fully saturated rings. The van der Waals surface area contributed by atoms with E-state index in [0.717, 1.165) is 34.3 Å². The van der Waals surface area contributed by atoms with E-state index in [-0.39, 0.29) is 5.91 Å². The molecule has 0 aliphatic rings. The van der Waals surface area contributed by atoms with Gasteiger partial charge in [0.1, 0.15) is 5.75 Å². The lowest BCUT2D eigenvalue weighted by atomic mass is 10.0. The number of unbranched alkanes of at least 4 members (excludes halogenated alkanes) is 6. The van der Waals surface area contributed by atoms with Gasteiger partial charge in [-0.2, -0.15) is 0 Å². The van der Waals surface area contributed by atoms with Crippen molar-refractivity contribution in [2.75, 3.05) is 13.2 Å². The summed E-state index contributed by atoms with van der Waals surface area (Å²) in [6.07, 6.45) is 8.64. The Morgan fingerprint density at radius 3 is 2.35 bits per heavy atom. The molecule has 3 rings (SSSR count). The average Bonchev–Trinajstić information content (AvgIpc) is 2.80. The molecule has 4 heteroatoms. The standard InChI is InChI=1S/C27H34N2O2/c1-3-5-6-7-8-9-12-19-28-27(30)24-20-26(29-25-14-11-10-13-23(24)25)21-15-17-22(18-16-21)31-4-2/h10-11,13-18,20H,3-9,12,19H2,1-2H3,(H,28,30). The fourth-order valence-electron chi connectivity index (χ4n) is 3.78. The SMILES string of the molecule is CCCCCCCCCNC(=O)c1cc(-c2ccc(OCC)cc2)nc2ccccc12. The van der Waals surface area contributed by atoms with Crippen molar-refractivity contribution in [3.05, 3.63) is 60.2 Å². The number of hydrogen-bond donors (Lipinski definition) is 1. The number of pyridine rings is 1. The molecule has 0 bridgehead atoms. The van der Waals surface area contributed by atoms with E-state index in [1.807, 2.05) is 61.5 Å². The highest BCUT2D eigenvalue weighted by Gasteiger charge is 2.13. The van der Waals surface area contributed by atoms with Crippen LogP contribution in [-0.2, 0) is 0 Å². The van der Waals surface area contributed by atoms with Crippen LogP contribution >= 0.6 is 0 Å². The fraction of sp³-hybridized carbons (Fsp3) is 0.407. The van der Waals surface area contributed by atoms with Crippen LogP contribution in [0.15, 0.2) is 54.6 Å². The number of amides is 1. The minimum absolute atomic E-state index is 0.0308. The third-order valence-corrected chi connectivity index (χ3v) is 5.49. The Morgan fingerprint density at radius 2 is 1.61 bits per heavy atom. The smallest absolute Gasteiger partial charge is 0.252 e. The van der Waals surface area contributed by atoms with Crippen molar-refractivity contribution in [2.45, 2.75) is 58.8 Å². The third-order valence-electron chi connectivity index (χ3n) is 5.49. The molecule has 2 aromatic carbocycles. The Balaban J connectivity index is 1.69. The number of fused-ring (bicyclic) bond motifs is 1. The molecule has 0 saturated carbocycles. The second kappa shape index (κ2) is 12.1. The molecule has 0 radical (unpaired) electrons. The van der Waals surface area contributed by atoms with Crippen molar-refractivity contribution >= 4 is 16.8 Å². The van der Waals surface area contributed by atoms with E-state index in [0.29, 0.717) is 18.7 Å². The normalized spacial score (nSPS) is 10.9. The van der Waals surface area contributed by atoms with Gasteiger partial charge in [-0.3, -0.25) is 4.79 Å². The summed E-state index contributed by atoms with van der Waals surface area (Å²) >= 11 is 0. The van der Waals surface area contributed by atoms with Crippen molar-refractivity contribution in [3.63, 3.8) is 0 Å². The predicted molar refractivity (Wildman–Crippen MR) is 129 cm³/mol. The van der Waals surface area contributed by atoms with Crippen molar-refractivity contribution in [2.24, 2.45) is 0 Å². The van der Waals surface area contributed by atoms with Gasteiger partial charge in [-0.1, -0.05) is 63.6 Å². The molecule has 3 aromatic rings. The number of nitrogens with one attached hydrogen (secondary N) is 1. The Labute approximate surface area is 186 Å². The number of carbonyl (C=O) groups is 1. The molecule has 4 nitrogen and oxygen atoms in total. The van der Waals surface area contributed by atoms with Crippen LogP contribution in [0.5, 0.6) is 5.75 Å². The summed E-state index contributed by atoms with van der Waals surface area (Å²) < 4.78 is 5.54. The Bertz CT molecular complexity index is 967. The highest BCUT2D eigenvalue weighted by molar-refractivity contribution is 6.07. The minimum Gasteiger partial charge on any atom is -0.494 e. The molecule has 164 valence electrons. The van der Waals surface area contributed by atoms with E-state index in [2.05, 4.69) is 12.2 Å². The summed E-state index contributed by atoms with van der Waals surface area (Å²) in [5.74, 6) is 0.802. The zero-order chi connectivity index (χ0) is 21.9. The summed E-state index contributed by atoms with van der Waals surface area (Å²) in [5.41, 5.74) is 3.27. The van der Waals surface area contributed by atoms with Crippen LogP contribution < -0.4 is 10.1 Å². The van der Waals surface area contributed by atoms with Crippen LogP contribution in [0, 0.1) is 0 Å². The maximum atomic E-state index is 13.0. The topological polar surface area (TPSA) is 51.2 Å². The zero-order valence-electron chi connectivity index (χ0n) is 18.8. The second-order valence-electron chi connectivity index (χ2n) is 7.91. The van der Waals surface area contributed by atoms with Gasteiger partial charge in [0, 0.05) is 17.5 Å². The van der Waals surface area contributed by atoms with Crippen molar-refractivity contribution in [3.8, 4) is 17.0 Å². The van der Waals surface area contributed by atoms with Gasteiger partial charge >= 0.3 is 0 Å². The van der Waals surface area contributed by atoms with Crippen LogP contribution in [0.25, 0.3) is 22.2 Å². The van der Waals surface area contributed by atoms with Crippen molar-refractivity contribution in [1.82, 2.24) is 10.3 Å². The monoisotopic (exact) mass is 418 g/mol. The molecule has 1 heterocycles. The number of nitrogens with zero attached hydrogens (tertiary/aromatic N) is 1. The predicted octanol–water partition coefficient (Wildman–Crippen LogP) is 6.78. The van der Waals surface area contributed by atoms with Gasteiger partial charge in [-0.25, -0.2) is 4.98 Å². The van der Waals surface area contributed by atoms with E-state index in [9.17, 15) is 4.79 Å². The van der Waals surface area contributed by atoms with E-state index in [4.69, 9.17) is 9.72 Å². The summed E-state index contributed by atoms with van der Waals surface area (Å²) in [6.45, 7) is 5.55. The molecule has 0 atom stereocenters. The first kappa shape index (κ1) is 22.8.